The Morgan fingerprint density at radius 1 is 1.43 bits per heavy atom. The van der Waals surface area contributed by atoms with Gasteiger partial charge >= 0.3 is 0 Å². The lowest BCUT2D eigenvalue weighted by atomic mass is 9.94. The average Bonchev–Trinajstić information content (AvgIpc) is 2.14. The van der Waals surface area contributed by atoms with Gasteiger partial charge in [-0.3, -0.25) is 0 Å². The van der Waals surface area contributed by atoms with Crippen LogP contribution in [0.1, 0.15) is 29.5 Å². The first-order chi connectivity index (χ1) is 6.49. The molecule has 1 atom stereocenters. The van der Waals surface area contributed by atoms with Crippen molar-refractivity contribution >= 4 is 15.9 Å². The minimum absolute atomic E-state index is 0.187. The molecule has 0 spiro atoms. The van der Waals surface area contributed by atoms with Crippen molar-refractivity contribution in [1.82, 2.24) is 0 Å². The van der Waals surface area contributed by atoms with Crippen LogP contribution >= 0.6 is 15.9 Å². The van der Waals surface area contributed by atoms with Crippen LogP contribution in [0.3, 0.4) is 0 Å². The van der Waals surface area contributed by atoms with Gasteiger partial charge in [0.15, 0.2) is 0 Å². The summed E-state index contributed by atoms with van der Waals surface area (Å²) in [6, 6.07) is 2.06. The van der Waals surface area contributed by atoms with Crippen molar-refractivity contribution in [3.63, 3.8) is 0 Å². The molecule has 14 heavy (non-hydrogen) atoms. The van der Waals surface area contributed by atoms with E-state index >= 15 is 0 Å². The van der Waals surface area contributed by atoms with Gasteiger partial charge in [-0.05, 0) is 53.4 Å². The van der Waals surface area contributed by atoms with E-state index in [4.69, 9.17) is 5.73 Å². The first-order valence-corrected chi connectivity index (χ1v) is 5.47. The third kappa shape index (κ3) is 1.93. The number of rotatable bonds is 2. The molecule has 1 aromatic rings. The highest BCUT2D eigenvalue weighted by Crippen LogP contribution is 2.37. The molecule has 0 saturated carbocycles. The summed E-state index contributed by atoms with van der Waals surface area (Å²) in [5, 5.41) is 9.96. The topological polar surface area (TPSA) is 46.2 Å². The first-order valence-electron chi connectivity index (χ1n) is 4.67. The van der Waals surface area contributed by atoms with E-state index in [2.05, 4.69) is 22.0 Å². The highest BCUT2D eigenvalue weighted by molar-refractivity contribution is 9.10. The van der Waals surface area contributed by atoms with Crippen LogP contribution in [0.25, 0.3) is 0 Å². The van der Waals surface area contributed by atoms with Gasteiger partial charge in [-0.25, -0.2) is 0 Å². The van der Waals surface area contributed by atoms with E-state index in [0.717, 1.165) is 21.2 Å². The number of phenols is 1. The minimum atomic E-state index is 0.187. The van der Waals surface area contributed by atoms with Crippen LogP contribution in [0.15, 0.2) is 10.5 Å². The molecule has 1 rings (SSSR count). The lowest BCUT2D eigenvalue weighted by Gasteiger charge is -2.17. The fraction of sp³-hybridized carbons (Fsp3) is 0.455. The first kappa shape index (κ1) is 11.5. The molecule has 0 aliphatic rings. The van der Waals surface area contributed by atoms with E-state index in [-0.39, 0.29) is 5.92 Å². The van der Waals surface area contributed by atoms with Crippen molar-refractivity contribution in [2.45, 2.75) is 26.7 Å². The van der Waals surface area contributed by atoms with Gasteiger partial charge in [0, 0.05) is 5.56 Å². The smallest absolute Gasteiger partial charge is 0.133 e. The van der Waals surface area contributed by atoms with Gasteiger partial charge in [0.05, 0.1) is 4.47 Å². The summed E-state index contributed by atoms with van der Waals surface area (Å²) < 4.78 is 0.776. The van der Waals surface area contributed by atoms with E-state index in [1.165, 1.54) is 0 Å². The van der Waals surface area contributed by atoms with Crippen LogP contribution in [0.5, 0.6) is 5.75 Å². The molecule has 0 fully saturated rings. The zero-order chi connectivity index (χ0) is 10.9. The summed E-state index contributed by atoms with van der Waals surface area (Å²) in [7, 11) is 0. The molecule has 0 saturated heterocycles. The molecule has 0 aliphatic heterocycles. The molecule has 1 unspecified atom stereocenters. The molecular weight excluding hydrogens is 242 g/mol. The number of benzene rings is 1. The van der Waals surface area contributed by atoms with E-state index in [1.54, 1.807) is 0 Å². The second-order valence-electron chi connectivity index (χ2n) is 3.72. The molecule has 0 radical (unpaired) electrons. The Hall–Kier alpha value is -0.540. The van der Waals surface area contributed by atoms with Crippen molar-refractivity contribution in [2.24, 2.45) is 5.73 Å². The van der Waals surface area contributed by atoms with Gasteiger partial charge in [-0.15, -0.1) is 0 Å². The van der Waals surface area contributed by atoms with Gasteiger partial charge < -0.3 is 10.8 Å². The molecule has 0 heterocycles. The lowest BCUT2D eigenvalue weighted by Crippen LogP contribution is -2.10. The van der Waals surface area contributed by atoms with Crippen molar-refractivity contribution in [3.05, 3.63) is 27.2 Å². The summed E-state index contributed by atoms with van der Waals surface area (Å²) in [6.07, 6.45) is 0. The normalized spacial score (nSPS) is 12.9. The van der Waals surface area contributed by atoms with Crippen LogP contribution in [0, 0.1) is 13.8 Å². The van der Waals surface area contributed by atoms with Gasteiger partial charge in [-0.2, -0.15) is 0 Å². The van der Waals surface area contributed by atoms with Crippen molar-refractivity contribution < 1.29 is 5.11 Å². The molecular formula is C11H16BrNO. The number of aromatic hydroxyl groups is 1. The van der Waals surface area contributed by atoms with E-state index in [9.17, 15) is 5.11 Å². The predicted octanol–water partition coefficient (Wildman–Crippen LogP) is 2.83. The second kappa shape index (κ2) is 4.32. The summed E-state index contributed by atoms with van der Waals surface area (Å²) in [5.74, 6) is 0.521. The molecule has 3 N–H and O–H groups in total. The van der Waals surface area contributed by atoms with E-state index in [1.807, 2.05) is 20.8 Å². The average molecular weight is 258 g/mol. The largest absolute Gasteiger partial charge is 0.506 e. The number of hydrogen-bond donors (Lipinski definition) is 2. The quantitative estimate of drug-likeness (QED) is 0.856. The third-order valence-electron chi connectivity index (χ3n) is 2.51. The number of hydrogen-bond acceptors (Lipinski definition) is 2. The Bertz CT molecular complexity index is 350. The molecule has 0 aliphatic carbocycles. The summed E-state index contributed by atoms with van der Waals surface area (Å²) >= 11 is 3.37. The Kier molecular flexibility index (Phi) is 3.56. The van der Waals surface area contributed by atoms with Crippen molar-refractivity contribution in [3.8, 4) is 5.75 Å². The van der Waals surface area contributed by atoms with Crippen LogP contribution in [-0.2, 0) is 0 Å². The summed E-state index contributed by atoms with van der Waals surface area (Å²) in [6.45, 7) is 6.53. The Balaban J connectivity index is 3.36. The molecule has 78 valence electrons. The third-order valence-corrected chi connectivity index (χ3v) is 3.51. The van der Waals surface area contributed by atoms with Crippen molar-refractivity contribution in [1.29, 1.82) is 0 Å². The van der Waals surface area contributed by atoms with Gasteiger partial charge in [0.25, 0.3) is 0 Å². The minimum Gasteiger partial charge on any atom is -0.506 e. The number of nitrogens with two attached hydrogens (primary N) is 1. The standard InChI is InChI=1S/C11H16BrNO/c1-6-4-7(2)10(12)11(14)9(6)8(3)5-13/h4,8,14H,5,13H2,1-3H3. The van der Waals surface area contributed by atoms with Gasteiger partial charge in [-0.1, -0.05) is 13.0 Å². The van der Waals surface area contributed by atoms with E-state index < -0.39 is 0 Å². The van der Waals surface area contributed by atoms with Crippen LogP contribution in [0.4, 0.5) is 0 Å². The van der Waals surface area contributed by atoms with Crippen molar-refractivity contribution in [2.75, 3.05) is 6.54 Å². The maximum absolute atomic E-state index is 9.96. The summed E-state index contributed by atoms with van der Waals surface area (Å²) in [4.78, 5) is 0. The number of halogens is 1. The predicted molar refractivity (Wildman–Crippen MR) is 62.8 cm³/mol. The molecule has 0 bridgehead atoms. The Morgan fingerprint density at radius 3 is 2.50 bits per heavy atom. The highest BCUT2D eigenvalue weighted by atomic mass is 79.9. The van der Waals surface area contributed by atoms with Gasteiger partial charge in [0.1, 0.15) is 5.75 Å². The zero-order valence-corrected chi connectivity index (χ0v) is 10.4. The summed E-state index contributed by atoms with van der Waals surface area (Å²) in [5.41, 5.74) is 8.70. The highest BCUT2D eigenvalue weighted by Gasteiger charge is 2.16. The van der Waals surface area contributed by atoms with Gasteiger partial charge in [0.2, 0.25) is 0 Å². The SMILES string of the molecule is Cc1cc(C)c(C(C)CN)c(O)c1Br. The zero-order valence-electron chi connectivity index (χ0n) is 8.76. The molecule has 2 nitrogen and oxygen atoms in total. The Labute approximate surface area is 93.3 Å². The maximum Gasteiger partial charge on any atom is 0.133 e. The maximum atomic E-state index is 9.96. The van der Waals surface area contributed by atoms with E-state index in [0.29, 0.717) is 12.3 Å². The molecule has 1 aromatic carbocycles. The fourth-order valence-electron chi connectivity index (χ4n) is 1.70. The molecule has 0 aromatic heterocycles. The second-order valence-corrected chi connectivity index (χ2v) is 4.52. The van der Waals surface area contributed by atoms with Crippen LogP contribution in [0.2, 0.25) is 0 Å². The number of phenolic OH excluding ortho intramolecular Hbond substituents is 1. The fourth-order valence-corrected chi connectivity index (χ4v) is 2.03. The van der Waals surface area contributed by atoms with Crippen LogP contribution in [-0.4, -0.2) is 11.7 Å². The molecule has 0 amide bonds. The lowest BCUT2D eigenvalue weighted by molar-refractivity contribution is 0.458. The monoisotopic (exact) mass is 257 g/mol. The van der Waals surface area contributed by atoms with Crippen LogP contribution < -0.4 is 5.73 Å². The number of aryl methyl sites for hydroxylation is 2. The molecule has 3 heteroatoms. The Morgan fingerprint density at radius 2 is 2.00 bits per heavy atom.